The Morgan fingerprint density at radius 1 is 1.00 bits per heavy atom. The van der Waals surface area contributed by atoms with Crippen molar-refractivity contribution in [1.82, 2.24) is 0 Å². The van der Waals surface area contributed by atoms with E-state index >= 15 is 0 Å². The number of nitrogens with two attached hydrogens (primary N) is 1. The van der Waals surface area contributed by atoms with Crippen LogP contribution in [0.2, 0.25) is 0 Å². The highest BCUT2D eigenvalue weighted by Gasteiger charge is 2.25. The van der Waals surface area contributed by atoms with E-state index in [1.54, 1.807) is 6.92 Å². The lowest BCUT2D eigenvalue weighted by atomic mass is 10.2. The minimum absolute atomic E-state index is 0.259. The van der Waals surface area contributed by atoms with Crippen molar-refractivity contribution >= 4 is 21.4 Å². The first-order chi connectivity index (χ1) is 9.70. The fraction of sp³-hybridized carbons (Fsp3) is 0.0769. The van der Waals surface area contributed by atoms with Gasteiger partial charge in [0.25, 0.3) is 10.0 Å². The second kappa shape index (κ2) is 5.28. The molecule has 112 valence electrons. The third-order valence-corrected chi connectivity index (χ3v) is 4.07. The molecular formula is C13H11F3N2O2S. The molecule has 0 aliphatic carbocycles. The first-order valence-electron chi connectivity index (χ1n) is 5.74. The van der Waals surface area contributed by atoms with Crippen LogP contribution in [0.1, 0.15) is 5.56 Å². The minimum Gasteiger partial charge on any atom is -0.399 e. The van der Waals surface area contributed by atoms with Crippen molar-refractivity contribution < 1.29 is 21.6 Å². The van der Waals surface area contributed by atoms with Gasteiger partial charge in [0.15, 0.2) is 4.90 Å². The summed E-state index contributed by atoms with van der Waals surface area (Å²) in [6, 6.07) is 5.05. The lowest BCUT2D eigenvalue weighted by Gasteiger charge is -2.11. The predicted octanol–water partition coefficient (Wildman–Crippen LogP) is 2.80. The molecule has 0 spiro atoms. The van der Waals surface area contributed by atoms with Crippen LogP contribution < -0.4 is 10.5 Å². The second-order valence-corrected chi connectivity index (χ2v) is 6.02. The average molecular weight is 316 g/mol. The quantitative estimate of drug-likeness (QED) is 0.855. The summed E-state index contributed by atoms with van der Waals surface area (Å²) in [5, 5.41) is 0. The lowest BCUT2D eigenvalue weighted by molar-refractivity contribution is 0.522. The van der Waals surface area contributed by atoms with E-state index in [4.69, 9.17) is 5.73 Å². The summed E-state index contributed by atoms with van der Waals surface area (Å²) in [5.74, 6) is -3.56. The Kier molecular flexibility index (Phi) is 3.82. The van der Waals surface area contributed by atoms with Gasteiger partial charge in [-0.05, 0) is 36.8 Å². The minimum atomic E-state index is -4.62. The maximum absolute atomic E-state index is 13.6. The normalized spacial score (nSPS) is 11.4. The summed E-state index contributed by atoms with van der Waals surface area (Å²) in [4.78, 5) is -1.21. The molecular weight excluding hydrogens is 305 g/mol. The summed E-state index contributed by atoms with van der Waals surface area (Å²) in [6.07, 6.45) is 0. The van der Waals surface area contributed by atoms with Crippen LogP contribution in [0, 0.1) is 24.4 Å². The molecule has 21 heavy (non-hydrogen) atoms. The Balaban J connectivity index is 2.48. The molecule has 0 unspecified atom stereocenters. The number of halogens is 3. The molecule has 0 atom stereocenters. The number of nitrogens with one attached hydrogen (secondary N) is 1. The van der Waals surface area contributed by atoms with Crippen LogP contribution in [0.4, 0.5) is 24.5 Å². The highest BCUT2D eigenvalue weighted by molar-refractivity contribution is 7.92. The molecule has 0 bridgehead atoms. The van der Waals surface area contributed by atoms with Crippen molar-refractivity contribution in [3.8, 4) is 0 Å². The third-order valence-electron chi connectivity index (χ3n) is 2.66. The molecule has 8 heteroatoms. The van der Waals surface area contributed by atoms with Crippen LogP contribution in [0.25, 0.3) is 0 Å². The van der Waals surface area contributed by atoms with Crippen LogP contribution in [-0.2, 0) is 10.0 Å². The number of aryl methyl sites for hydroxylation is 1. The Bertz CT molecular complexity index is 784. The van der Waals surface area contributed by atoms with E-state index in [1.165, 1.54) is 6.07 Å². The Hall–Kier alpha value is -2.22. The summed E-state index contributed by atoms with van der Waals surface area (Å²) < 4.78 is 66.7. The van der Waals surface area contributed by atoms with Gasteiger partial charge in [0, 0.05) is 5.69 Å². The zero-order valence-corrected chi connectivity index (χ0v) is 11.6. The SMILES string of the molecule is Cc1ccc(NS(=O)(=O)c2c(F)cc(N)cc2F)c(F)c1. The molecule has 0 aliphatic heterocycles. The van der Waals surface area contributed by atoms with E-state index in [9.17, 15) is 21.6 Å². The number of nitrogen functional groups attached to an aromatic ring is 1. The number of rotatable bonds is 3. The van der Waals surface area contributed by atoms with Gasteiger partial charge in [-0.15, -0.1) is 0 Å². The predicted molar refractivity (Wildman–Crippen MR) is 72.7 cm³/mol. The van der Waals surface area contributed by atoms with Crippen LogP contribution in [-0.4, -0.2) is 8.42 Å². The zero-order valence-electron chi connectivity index (χ0n) is 10.8. The Morgan fingerprint density at radius 2 is 1.57 bits per heavy atom. The van der Waals surface area contributed by atoms with Crippen LogP contribution in [0.3, 0.4) is 0 Å². The van der Waals surface area contributed by atoms with E-state index in [1.807, 2.05) is 4.72 Å². The molecule has 0 fully saturated rings. The monoisotopic (exact) mass is 316 g/mol. The lowest BCUT2D eigenvalue weighted by Crippen LogP contribution is -2.17. The fourth-order valence-electron chi connectivity index (χ4n) is 1.73. The molecule has 0 aliphatic rings. The van der Waals surface area contributed by atoms with Gasteiger partial charge in [-0.1, -0.05) is 6.07 Å². The highest BCUT2D eigenvalue weighted by Crippen LogP contribution is 2.25. The topological polar surface area (TPSA) is 72.2 Å². The van der Waals surface area contributed by atoms with Gasteiger partial charge in [0.1, 0.15) is 17.5 Å². The largest absolute Gasteiger partial charge is 0.399 e. The third kappa shape index (κ3) is 3.10. The summed E-state index contributed by atoms with van der Waals surface area (Å²) in [7, 11) is -4.62. The van der Waals surface area contributed by atoms with E-state index in [0.29, 0.717) is 17.7 Å². The average Bonchev–Trinajstić information content (AvgIpc) is 2.30. The standard InChI is InChI=1S/C13H11F3N2O2S/c1-7-2-3-12(9(14)4-7)18-21(19,20)13-10(15)5-8(17)6-11(13)16/h2-6,18H,17H2,1H3. The molecule has 0 radical (unpaired) electrons. The molecule has 0 amide bonds. The van der Waals surface area contributed by atoms with Gasteiger partial charge in [0.05, 0.1) is 5.69 Å². The Morgan fingerprint density at radius 3 is 2.10 bits per heavy atom. The van der Waals surface area contributed by atoms with Crippen molar-refractivity contribution in [2.24, 2.45) is 0 Å². The first-order valence-corrected chi connectivity index (χ1v) is 7.22. The summed E-state index contributed by atoms with van der Waals surface area (Å²) >= 11 is 0. The van der Waals surface area contributed by atoms with Crippen molar-refractivity contribution in [1.29, 1.82) is 0 Å². The van der Waals surface area contributed by atoms with Gasteiger partial charge in [-0.2, -0.15) is 0 Å². The first kappa shape index (κ1) is 15.2. The van der Waals surface area contributed by atoms with Crippen LogP contribution >= 0.6 is 0 Å². The number of hydrogen-bond donors (Lipinski definition) is 2. The van der Waals surface area contributed by atoms with Crippen LogP contribution in [0.5, 0.6) is 0 Å². The van der Waals surface area contributed by atoms with Crippen molar-refractivity contribution in [3.05, 3.63) is 53.3 Å². The maximum Gasteiger partial charge on any atom is 0.267 e. The van der Waals surface area contributed by atoms with Gasteiger partial charge >= 0.3 is 0 Å². The van der Waals surface area contributed by atoms with Crippen LogP contribution in [0.15, 0.2) is 35.2 Å². The number of anilines is 2. The van der Waals surface area contributed by atoms with E-state index < -0.39 is 38.1 Å². The van der Waals surface area contributed by atoms with Crippen molar-refractivity contribution in [2.45, 2.75) is 11.8 Å². The van der Waals surface area contributed by atoms with Gasteiger partial charge in [0.2, 0.25) is 0 Å². The Labute approximate surface area is 119 Å². The molecule has 0 aromatic heterocycles. The number of sulfonamides is 1. The van der Waals surface area contributed by atoms with Gasteiger partial charge in [-0.25, -0.2) is 21.6 Å². The highest BCUT2D eigenvalue weighted by atomic mass is 32.2. The molecule has 2 aromatic rings. The van der Waals surface area contributed by atoms with E-state index in [-0.39, 0.29) is 5.69 Å². The second-order valence-electron chi connectivity index (χ2n) is 4.40. The summed E-state index contributed by atoms with van der Waals surface area (Å²) in [6.45, 7) is 1.61. The zero-order chi connectivity index (χ0) is 15.8. The van der Waals surface area contributed by atoms with Gasteiger partial charge in [-0.3, -0.25) is 4.72 Å². The molecule has 0 saturated carbocycles. The van der Waals surface area contributed by atoms with Crippen molar-refractivity contribution in [2.75, 3.05) is 10.5 Å². The fourth-order valence-corrected chi connectivity index (χ4v) is 2.92. The molecule has 2 rings (SSSR count). The van der Waals surface area contributed by atoms with Gasteiger partial charge < -0.3 is 5.73 Å². The maximum atomic E-state index is 13.6. The molecule has 4 nitrogen and oxygen atoms in total. The van der Waals surface area contributed by atoms with E-state index in [2.05, 4.69) is 0 Å². The number of benzene rings is 2. The molecule has 3 N–H and O–H groups in total. The number of hydrogen-bond acceptors (Lipinski definition) is 3. The van der Waals surface area contributed by atoms with E-state index in [0.717, 1.165) is 12.1 Å². The molecule has 2 aromatic carbocycles. The molecule has 0 saturated heterocycles. The molecule has 0 heterocycles. The smallest absolute Gasteiger partial charge is 0.267 e. The summed E-state index contributed by atoms with van der Waals surface area (Å²) in [5.41, 5.74) is 5.11. The van der Waals surface area contributed by atoms with Crippen molar-refractivity contribution in [3.63, 3.8) is 0 Å².